The van der Waals surface area contributed by atoms with E-state index in [9.17, 15) is 0 Å². The van der Waals surface area contributed by atoms with Crippen molar-refractivity contribution in [2.45, 2.75) is 65.0 Å². The Bertz CT molecular complexity index is 390. The summed E-state index contributed by atoms with van der Waals surface area (Å²) in [6.07, 6.45) is 6.70. The molecule has 0 saturated carbocycles. The fraction of sp³-hybridized carbons (Fsp3) is 0.667. The Kier molecular flexibility index (Phi) is 6.06. The zero-order valence-corrected chi connectivity index (χ0v) is 13.2. The first-order chi connectivity index (χ1) is 9.72. The van der Waals surface area contributed by atoms with Gasteiger partial charge in [0.25, 0.3) is 0 Å². The van der Waals surface area contributed by atoms with Crippen LogP contribution in [0.3, 0.4) is 0 Å². The van der Waals surface area contributed by atoms with Crippen molar-refractivity contribution >= 4 is 0 Å². The van der Waals surface area contributed by atoms with Crippen LogP contribution in [0.2, 0.25) is 0 Å². The number of aryl methyl sites for hydroxylation is 2. The number of ether oxygens (including phenoxy) is 1. The average molecular weight is 275 g/mol. The molecule has 0 radical (unpaired) electrons. The van der Waals surface area contributed by atoms with Crippen LogP contribution in [0, 0.1) is 13.8 Å². The van der Waals surface area contributed by atoms with Crippen molar-refractivity contribution < 1.29 is 4.74 Å². The third-order valence-corrected chi connectivity index (χ3v) is 4.38. The summed E-state index contributed by atoms with van der Waals surface area (Å²) in [5.74, 6) is 0. The van der Waals surface area contributed by atoms with Crippen molar-refractivity contribution in [3.05, 3.63) is 34.9 Å². The van der Waals surface area contributed by atoms with Crippen molar-refractivity contribution in [1.82, 2.24) is 5.32 Å². The second-order valence-electron chi connectivity index (χ2n) is 5.98. The molecule has 2 atom stereocenters. The van der Waals surface area contributed by atoms with E-state index in [1.165, 1.54) is 48.8 Å². The van der Waals surface area contributed by atoms with E-state index in [1.54, 1.807) is 0 Å². The van der Waals surface area contributed by atoms with Crippen molar-refractivity contribution in [1.29, 1.82) is 0 Å². The molecule has 2 nitrogen and oxygen atoms in total. The topological polar surface area (TPSA) is 21.3 Å². The van der Waals surface area contributed by atoms with Gasteiger partial charge >= 0.3 is 0 Å². The van der Waals surface area contributed by atoms with E-state index < -0.39 is 0 Å². The van der Waals surface area contributed by atoms with Gasteiger partial charge < -0.3 is 10.1 Å². The van der Waals surface area contributed by atoms with Gasteiger partial charge in [0.05, 0.1) is 6.10 Å². The Balaban J connectivity index is 1.95. The van der Waals surface area contributed by atoms with Crippen LogP contribution in [0.15, 0.2) is 18.2 Å². The first-order valence-electron chi connectivity index (χ1n) is 8.13. The smallest absolute Gasteiger partial charge is 0.0576 e. The lowest BCUT2D eigenvalue weighted by Crippen LogP contribution is -2.23. The molecular formula is C18H29NO. The summed E-state index contributed by atoms with van der Waals surface area (Å²) in [6, 6.07) is 7.10. The zero-order chi connectivity index (χ0) is 14.4. The number of benzene rings is 1. The molecule has 2 heteroatoms. The number of rotatable bonds is 7. The molecule has 1 fully saturated rings. The third-order valence-electron chi connectivity index (χ3n) is 4.38. The quantitative estimate of drug-likeness (QED) is 0.801. The predicted molar refractivity (Wildman–Crippen MR) is 85.2 cm³/mol. The highest BCUT2D eigenvalue weighted by Gasteiger charge is 2.18. The van der Waals surface area contributed by atoms with Crippen molar-refractivity contribution in [2.75, 3.05) is 13.2 Å². The lowest BCUT2D eigenvalue weighted by molar-refractivity contribution is 0.101. The molecule has 2 rings (SSSR count). The molecule has 0 aromatic heterocycles. The van der Waals surface area contributed by atoms with Gasteiger partial charge in [-0.25, -0.2) is 0 Å². The highest BCUT2D eigenvalue weighted by atomic mass is 16.5. The van der Waals surface area contributed by atoms with E-state index in [-0.39, 0.29) is 0 Å². The Morgan fingerprint density at radius 3 is 2.65 bits per heavy atom. The molecule has 1 heterocycles. The van der Waals surface area contributed by atoms with Crippen molar-refractivity contribution in [3.63, 3.8) is 0 Å². The SMILES string of the molecule is CCNC(CCCC1CCCO1)c1c(C)cccc1C. The molecule has 20 heavy (non-hydrogen) atoms. The van der Waals surface area contributed by atoms with Gasteiger partial charge in [0.15, 0.2) is 0 Å². The van der Waals surface area contributed by atoms with Crippen LogP contribution in [0.25, 0.3) is 0 Å². The molecule has 0 bridgehead atoms. The summed E-state index contributed by atoms with van der Waals surface area (Å²) in [5.41, 5.74) is 4.32. The van der Waals surface area contributed by atoms with Gasteiger partial charge in [0, 0.05) is 12.6 Å². The first-order valence-corrected chi connectivity index (χ1v) is 8.13. The molecule has 1 aliphatic heterocycles. The van der Waals surface area contributed by atoms with E-state index in [0.29, 0.717) is 12.1 Å². The van der Waals surface area contributed by atoms with Gasteiger partial charge in [-0.15, -0.1) is 0 Å². The summed E-state index contributed by atoms with van der Waals surface area (Å²) in [6.45, 7) is 8.65. The minimum absolute atomic E-state index is 0.489. The fourth-order valence-corrected chi connectivity index (χ4v) is 3.39. The standard InChI is InChI=1S/C18H29NO/c1-4-19-17(12-6-10-16-11-7-13-20-16)18-14(2)8-5-9-15(18)3/h5,8-9,16-17,19H,4,6-7,10-13H2,1-3H3. The van der Waals surface area contributed by atoms with E-state index in [0.717, 1.165) is 13.2 Å². The number of hydrogen-bond acceptors (Lipinski definition) is 2. The highest BCUT2D eigenvalue weighted by Crippen LogP contribution is 2.27. The van der Waals surface area contributed by atoms with Crippen LogP contribution >= 0.6 is 0 Å². The van der Waals surface area contributed by atoms with E-state index in [1.807, 2.05) is 0 Å². The summed E-state index contributed by atoms with van der Waals surface area (Å²) >= 11 is 0. The maximum absolute atomic E-state index is 5.73. The number of hydrogen-bond donors (Lipinski definition) is 1. The minimum atomic E-state index is 0.489. The Hall–Kier alpha value is -0.860. The molecule has 0 aliphatic carbocycles. The summed E-state index contributed by atoms with van der Waals surface area (Å²) in [7, 11) is 0. The number of nitrogens with one attached hydrogen (secondary N) is 1. The first kappa shape index (κ1) is 15.5. The van der Waals surface area contributed by atoms with Crippen LogP contribution in [0.4, 0.5) is 0 Å². The van der Waals surface area contributed by atoms with Gasteiger partial charge in [-0.05, 0) is 69.2 Å². The molecule has 0 amide bonds. The third kappa shape index (κ3) is 4.07. The van der Waals surface area contributed by atoms with Crippen molar-refractivity contribution in [2.24, 2.45) is 0 Å². The van der Waals surface area contributed by atoms with Gasteiger partial charge in [-0.3, -0.25) is 0 Å². The molecule has 1 aliphatic rings. The summed E-state index contributed by atoms with van der Waals surface area (Å²) in [4.78, 5) is 0. The normalized spacial score (nSPS) is 20.2. The second-order valence-corrected chi connectivity index (χ2v) is 5.98. The van der Waals surface area contributed by atoms with E-state index in [2.05, 4.69) is 44.3 Å². The van der Waals surface area contributed by atoms with E-state index >= 15 is 0 Å². The van der Waals surface area contributed by atoms with Crippen LogP contribution in [-0.4, -0.2) is 19.3 Å². The Morgan fingerprint density at radius 1 is 1.30 bits per heavy atom. The predicted octanol–water partition coefficient (Wildman–Crippen LogP) is 4.30. The molecule has 112 valence electrons. The molecule has 0 spiro atoms. The molecule has 2 unspecified atom stereocenters. The van der Waals surface area contributed by atoms with Gasteiger partial charge in [-0.1, -0.05) is 25.1 Å². The average Bonchev–Trinajstić information content (AvgIpc) is 2.91. The van der Waals surface area contributed by atoms with Crippen molar-refractivity contribution in [3.8, 4) is 0 Å². The van der Waals surface area contributed by atoms with Gasteiger partial charge in [0.2, 0.25) is 0 Å². The molecular weight excluding hydrogens is 246 g/mol. The van der Waals surface area contributed by atoms with Gasteiger partial charge in [-0.2, -0.15) is 0 Å². The molecule has 1 saturated heterocycles. The largest absolute Gasteiger partial charge is 0.378 e. The van der Waals surface area contributed by atoms with Crippen LogP contribution in [0.5, 0.6) is 0 Å². The van der Waals surface area contributed by atoms with E-state index in [4.69, 9.17) is 4.74 Å². The van der Waals surface area contributed by atoms with Crippen LogP contribution < -0.4 is 5.32 Å². The zero-order valence-electron chi connectivity index (χ0n) is 13.2. The summed E-state index contributed by atoms with van der Waals surface area (Å²) in [5, 5.41) is 3.67. The Labute approximate surface area is 123 Å². The fourth-order valence-electron chi connectivity index (χ4n) is 3.39. The maximum atomic E-state index is 5.73. The second kappa shape index (κ2) is 7.80. The summed E-state index contributed by atoms with van der Waals surface area (Å²) < 4.78 is 5.73. The van der Waals surface area contributed by atoms with Crippen LogP contribution in [0.1, 0.15) is 61.8 Å². The monoisotopic (exact) mass is 275 g/mol. The lowest BCUT2D eigenvalue weighted by Gasteiger charge is -2.23. The molecule has 1 aromatic rings. The maximum Gasteiger partial charge on any atom is 0.0576 e. The lowest BCUT2D eigenvalue weighted by atomic mass is 9.92. The highest BCUT2D eigenvalue weighted by molar-refractivity contribution is 5.36. The molecule has 1 N–H and O–H groups in total. The van der Waals surface area contributed by atoms with Crippen LogP contribution in [-0.2, 0) is 4.74 Å². The molecule has 1 aromatic carbocycles. The minimum Gasteiger partial charge on any atom is -0.378 e. The Morgan fingerprint density at radius 2 is 2.05 bits per heavy atom. The van der Waals surface area contributed by atoms with Gasteiger partial charge in [0.1, 0.15) is 0 Å².